The molecule has 0 radical (unpaired) electrons. The highest BCUT2D eigenvalue weighted by Crippen LogP contribution is 2.14. The molecule has 16 heavy (non-hydrogen) atoms. The standard InChI is InChI=1S/C12H16O2S2/c1-14-12(13)6-7-16-9-11-4-2-10(8-15)3-5-11/h2-5,15H,6-9H2,1H3. The molecule has 1 aromatic rings. The zero-order valence-electron chi connectivity index (χ0n) is 9.31. The van der Waals surface area contributed by atoms with Crippen LogP contribution in [-0.4, -0.2) is 18.8 Å². The molecule has 0 amide bonds. The number of thioether (sulfide) groups is 1. The summed E-state index contributed by atoms with van der Waals surface area (Å²) in [4.78, 5) is 10.9. The number of carbonyl (C=O) groups excluding carboxylic acids is 1. The zero-order chi connectivity index (χ0) is 11.8. The van der Waals surface area contributed by atoms with E-state index in [9.17, 15) is 4.79 Å². The van der Waals surface area contributed by atoms with Gasteiger partial charge in [-0.3, -0.25) is 4.79 Å². The van der Waals surface area contributed by atoms with Crippen LogP contribution >= 0.6 is 24.4 Å². The van der Waals surface area contributed by atoms with E-state index in [4.69, 9.17) is 0 Å². The van der Waals surface area contributed by atoms with E-state index in [1.54, 1.807) is 11.8 Å². The second-order valence-corrected chi connectivity index (χ2v) is 4.77. The van der Waals surface area contributed by atoms with E-state index < -0.39 is 0 Å². The average molecular weight is 256 g/mol. The van der Waals surface area contributed by atoms with Crippen molar-refractivity contribution in [3.63, 3.8) is 0 Å². The summed E-state index contributed by atoms with van der Waals surface area (Å²) in [5, 5.41) is 0. The van der Waals surface area contributed by atoms with Gasteiger partial charge in [0.15, 0.2) is 0 Å². The van der Waals surface area contributed by atoms with Crippen LogP contribution in [0, 0.1) is 0 Å². The highest BCUT2D eigenvalue weighted by atomic mass is 32.2. The molecule has 0 bridgehead atoms. The van der Waals surface area contributed by atoms with Crippen molar-refractivity contribution < 1.29 is 9.53 Å². The molecule has 0 unspecified atom stereocenters. The van der Waals surface area contributed by atoms with Crippen molar-refractivity contribution in [3.05, 3.63) is 35.4 Å². The molecule has 0 saturated heterocycles. The lowest BCUT2D eigenvalue weighted by molar-refractivity contribution is -0.140. The highest BCUT2D eigenvalue weighted by Gasteiger charge is 2.00. The Balaban J connectivity index is 2.24. The summed E-state index contributed by atoms with van der Waals surface area (Å²) in [5.41, 5.74) is 2.51. The van der Waals surface area contributed by atoms with Crippen molar-refractivity contribution in [1.82, 2.24) is 0 Å². The van der Waals surface area contributed by atoms with Gasteiger partial charge in [0.05, 0.1) is 13.5 Å². The van der Waals surface area contributed by atoms with Gasteiger partial charge in [0.25, 0.3) is 0 Å². The van der Waals surface area contributed by atoms with Crippen LogP contribution in [0.5, 0.6) is 0 Å². The monoisotopic (exact) mass is 256 g/mol. The van der Waals surface area contributed by atoms with Crippen molar-refractivity contribution in [2.24, 2.45) is 0 Å². The van der Waals surface area contributed by atoms with Crippen LogP contribution in [0.3, 0.4) is 0 Å². The maximum atomic E-state index is 10.9. The predicted molar refractivity (Wildman–Crippen MR) is 71.9 cm³/mol. The molecule has 0 N–H and O–H groups in total. The second kappa shape index (κ2) is 7.63. The summed E-state index contributed by atoms with van der Waals surface area (Å²) >= 11 is 5.95. The van der Waals surface area contributed by atoms with Crippen LogP contribution in [0.1, 0.15) is 17.5 Å². The summed E-state index contributed by atoms with van der Waals surface area (Å²) in [7, 11) is 1.42. The van der Waals surface area contributed by atoms with Crippen molar-refractivity contribution in [2.45, 2.75) is 17.9 Å². The first-order valence-electron chi connectivity index (χ1n) is 5.09. The van der Waals surface area contributed by atoms with E-state index in [1.807, 2.05) is 0 Å². The number of thiol groups is 1. The van der Waals surface area contributed by atoms with E-state index in [0.717, 1.165) is 17.3 Å². The largest absolute Gasteiger partial charge is 0.469 e. The van der Waals surface area contributed by atoms with Crippen molar-refractivity contribution in [1.29, 1.82) is 0 Å². The summed E-state index contributed by atoms with van der Waals surface area (Å²) in [6.07, 6.45) is 0.482. The minimum Gasteiger partial charge on any atom is -0.469 e. The topological polar surface area (TPSA) is 26.3 Å². The maximum absolute atomic E-state index is 10.9. The number of carbonyl (C=O) groups is 1. The molecular formula is C12H16O2S2. The van der Waals surface area contributed by atoms with E-state index in [2.05, 4.69) is 41.6 Å². The Kier molecular flexibility index (Phi) is 6.42. The predicted octanol–water partition coefficient (Wildman–Crippen LogP) is 2.91. The first-order valence-corrected chi connectivity index (χ1v) is 6.88. The van der Waals surface area contributed by atoms with Crippen molar-refractivity contribution in [3.8, 4) is 0 Å². The fraction of sp³-hybridized carbons (Fsp3) is 0.417. The minimum atomic E-state index is -0.141. The smallest absolute Gasteiger partial charge is 0.306 e. The first-order chi connectivity index (χ1) is 7.76. The van der Waals surface area contributed by atoms with E-state index >= 15 is 0 Å². The quantitative estimate of drug-likeness (QED) is 0.481. The second-order valence-electron chi connectivity index (χ2n) is 3.35. The molecule has 0 aliphatic rings. The van der Waals surface area contributed by atoms with Crippen LogP contribution in [0.2, 0.25) is 0 Å². The third-order valence-electron chi connectivity index (χ3n) is 2.15. The molecule has 0 heterocycles. The molecule has 0 spiro atoms. The molecule has 1 rings (SSSR count). The van der Waals surface area contributed by atoms with Gasteiger partial charge in [0.1, 0.15) is 0 Å². The Morgan fingerprint density at radius 3 is 2.50 bits per heavy atom. The number of ether oxygens (including phenoxy) is 1. The van der Waals surface area contributed by atoms with Crippen molar-refractivity contribution >= 4 is 30.4 Å². The third-order valence-corrected chi connectivity index (χ3v) is 3.55. The molecule has 0 saturated carbocycles. The number of hydrogen-bond acceptors (Lipinski definition) is 4. The van der Waals surface area contributed by atoms with Gasteiger partial charge in [0, 0.05) is 17.3 Å². The molecule has 2 nitrogen and oxygen atoms in total. The molecule has 88 valence electrons. The summed E-state index contributed by atoms with van der Waals surface area (Å²) in [5.74, 6) is 2.37. The molecule has 0 atom stereocenters. The van der Waals surface area contributed by atoms with Gasteiger partial charge in [-0.2, -0.15) is 24.4 Å². The van der Waals surface area contributed by atoms with Gasteiger partial charge < -0.3 is 4.74 Å². The van der Waals surface area contributed by atoms with Crippen LogP contribution in [0.15, 0.2) is 24.3 Å². The van der Waals surface area contributed by atoms with E-state index in [-0.39, 0.29) is 5.97 Å². The number of esters is 1. The summed E-state index contributed by atoms with van der Waals surface area (Å²) < 4.78 is 4.57. The molecular weight excluding hydrogens is 240 g/mol. The highest BCUT2D eigenvalue weighted by molar-refractivity contribution is 7.98. The normalized spacial score (nSPS) is 10.1. The Hall–Kier alpha value is -0.610. The molecule has 0 aliphatic heterocycles. The Morgan fingerprint density at radius 2 is 1.94 bits per heavy atom. The van der Waals surface area contributed by atoms with Gasteiger partial charge in [-0.05, 0) is 11.1 Å². The van der Waals surface area contributed by atoms with E-state index in [0.29, 0.717) is 6.42 Å². The Morgan fingerprint density at radius 1 is 1.31 bits per heavy atom. The number of methoxy groups -OCH3 is 1. The van der Waals surface area contributed by atoms with Crippen molar-refractivity contribution in [2.75, 3.05) is 12.9 Å². The van der Waals surface area contributed by atoms with Gasteiger partial charge in [-0.25, -0.2) is 0 Å². The Labute approximate surface area is 106 Å². The molecule has 4 heteroatoms. The molecule has 0 aliphatic carbocycles. The number of rotatable bonds is 6. The number of hydrogen-bond donors (Lipinski definition) is 1. The number of benzene rings is 1. The van der Waals surface area contributed by atoms with Crippen LogP contribution in [0.25, 0.3) is 0 Å². The summed E-state index contributed by atoms with van der Waals surface area (Å²) in [6, 6.07) is 8.39. The lowest BCUT2D eigenvalue weighted by atomic mass is 10.2. The maximum Gasteiger partial charge on any atom is 0.306 e. The van der Waals surface area contributed by atoms with Gasteiger partial charge in [0.2, 0.25) is 0 Å². The molecule has 0 aromatic heterocycles. The fourth-order valence-electron chi connectivity index (χ4n) is 1.19. The minimum absolute atomic E-state index is 0.141. The van der Waals surface area contributed by atoms with Crippen LogP contribution in [-0.2, 0) is 21.0 Å². The SMILES string of the molecule is COC(=O)CCSCc1ccc(CS)cc1. The Bertz CT molecular complexity index is 322. The summed E-state index contributed by atoms with van der Waals surface area (Å²) in [6.45, 7) is 0. The lowest BCUT2D eigenvalue weighted by Gasteiger charge is -2.02. The van der Waals surface area contributed by atoms with Crippen LogP contribution in [0.4, 0.5) is 0 Å². The molecule has 1 aromatic carbocycles. The van der Waals surface area contributed by atoms with E-state index in [1.165, 1.54) is 18.2 Å². The molecule has 0 fully saturated rings. The zero-order valence-corrected chi connectivity index (χ0v) is 11.0. The average Bonchev–Trinajstić information content (AvgIpc) is 2.35. The fourth-order valence-corrected chi connectivity index (χ4v) is 2.28. The third kappa shape index (κ3) is 4.94. The van der Waals surface area contributed by atoms with Gasteiger partial charge >= 0.3 is 5.97 Å². The van der Waals surface area contributed by atoms with Crippen LogP contribution < -0.4 is 0 Å². The lowest BCUT2D eigenvalue weighted by Crippen LogP contribution is -2.01. The van der Waals surface area contributed by atoms with Gasteiger partial charge in [-0.1, -0.05) is 24.3 Å². The van der Waals surface area contributed by atoms with Gasteiger partial charge in [-0.15, -0.1) is 0 Å². The first kappa shape index (κ1) is 13.5.